The SMILES string of the molecule is CN(Cc1cccc(Cl)c1Cl)c1nnnn1-c1ccccc1. The number of nitrogens with zero attached hydrogens (tertiary/aromatic N) is 5. The van der Waals surface area contributed by atoms with E-state index in [1.54, 1.807) is 10.7 Å². The zero-order valence-corrected chi connectivity index (χ0v) is 13.3. The highest BCUT2D eigenvalue weighted by molar-refractivity contribution is 6.42. The molecule has 22 heavy (non-hydrogen) atoms. The van der Waals surface area contributed by atoms with Crippen molar-refractivity contribution in [3.8, 4) is 5.69 Å². The molecule has 112 valence electrons. The number of hydrogen-bond donors (Lipinski definition) is 0. The number of para-hydroxylation sites is 1. The first kappa shape index (κ1) is 14.8. The van der Waals surface area contributed by atoms with Crippen LogP contribution < -0.4 is 4.90 Å². The summed E-state index contributed by atoms with van der Waals surface area (Å²) in [6.45, 7) is 0.548. The molecular formula is C15H13Cl2N5. The summed E-state index contributed by atoms with van der Waals surface area (Å²) in [5.41, 5.74) is 1.81. The van der Waals surface area contributed by atoms with Crippen LogP contribution in [-0.2, 0) is 6.54 Å². The molecule has 7 heteroatoms. The molecule has 3 rings (SSSR count). The van der Waals surface area contributed by atoms with E-state index >= 15 is 0 Å². The van der Waals surface area contributed by atoms with E-state index < -0.39 is 0 Å². The summed E-state index contributed by atoms with van der Waals surface area (Å²) in [4.78, 5) is 1.92. The summed E-state index contributed by atoms with van der Waals surface area (Å²) >= 11 is 12.3. The lowest BCUT2D eigenvalue weighted by atomic mass is 10.2. The summed E-state index contributed by atoms with van der Waals surface area (Å²) in [5, 5.41) is 13.0. The Kier molecular flexibility index (Phi) is 4.27. The van der Waals surface area contributed by atoms with Crippen LogP contribution in [0.4, 0.5) is 5.95 Å². The molecule has 0 aliphatic rings. The van der Waals surface area contributed by atoms with E-state index in [4.69, 9.17) is 23.2 Å². The van der Waals surface area contributed by atoms with Gasteiger partial charge in [-0.15, -0.1) is 0 Å². The molecule has 0 atom stereocenters. The first-order valence-corrected chi connectivity index (χ1v) is 7.40. The summed E-state index contributed by atoms with van der Waals surface area (Å²) in [6.07, 6.45) is 0. The molecular weight excluding hydrogens is 321 g/mol. The van der Waals surface area contributed by atoms with Crippen LogP contribution in [-0.4, -0.2) is 27.3 Å². The normalized spacial score (nSPS) is 10.7. The van der Waals surface area contributed by atoms with Crippen LogP contribution >= 0.6 is 23.2 Å². The highest BCUT2D eigenvalue weighted by atomic mass is 35.5. The fourth-order valence-corrected chi connectivity index (χ4v) is 2.53. The summed E-state index contributed by atoms with van der Waals surface area (Å²) in [5.74, 6) is 0.627. The molecule has 0 fully saturated rings. The molecule has 0 bridgehead atoms. The van der Waals surface area contributed by atoms with Crippen LogP contribution in [0.25, 0.3) is 5.69 Å². The second-order valence-corrected chi connectivity index (χ2v) is 5.58. The fraction of sp³-hybridized carbons (Fsp3) is 0.133. The van der Waals surface area contributed by atoms with E-state index in [1.165, 1.54) is 0 Å². The second kappa shape index (κ2) is 6.34. The van der Waals surface area contributed by atoms with Crippen LogP contribution in [0, 0.1) is 0 Å². The fourth-order valence-electron chi connectivity index (χ4n) is 2.15. The van der Waals surface area contributed by atoms with Gasteiger partial charge >= 0.3 is 0 Å². The Morgan fingerprint density at radius 2 is 1.82 bits per heavy atom. The minimum atomic E-state index is 0.537. The van der Waals surface area contributed by atoms with Crippen molar-refractivity contribution >= 4 is 29.2 Å². The predicted octanol–water partition coefficient (Wildman–Crippen LogP) is 3.61. The molecule has 2 aromatic carbocycles. The van der Waals surface area contributed by atoms with Crippen LogP contribution in [0.3, 0.4) is 0 Å². The van der Waals surface area contributed by atoms with Gasteiger partial charge in [0.25, 0.3) is 0 Å². The van der Waals surface area contributed by atoms with Gasteiger partial charge in [0.2, 0.25) is 5.95 Å². The average Bonchev–Trinajstić information content (AvgIpc) is 3.02. The predicted molar refractivity (Wildman–Crippen MR) is 87.7 cm³/mol. The van der Waals surface area contributed by atoms with Crippen LogP contribution in [0.15, 0.2) is 48.5 Å². The molecule has 1 aromatic heterocycles. The van der Waals surface area contributed by atoms with Crippen molar-refractivity contribution in [1.29, 1.82) is 0 Å². The Morgan fingerprint density at radius 1 is 1.05 bits per heavy atom. The zero-order chi connectivity index (χ0) is 15.5. The second-order valence-electron chi connectivity index (χ2n) is 4.80. The van der Waals surface area contributed by atoms with Gasteiger partial charge in [-0.2, -0.15) is 4.68 Å². The number of halogens is 2. The Balaban J connectivity index is 1.89. The number of tetrazole rings is 1. The van der Waals surface area contributed by atoms with Gasteiger partial charge in [0, 0.05) is 13.6 Å². The standard InChI is InChI=1S/C15H13Cl2N5/c1-21(10-11-6-5-9-13(16)14(11)17)15-18-19-20-22(15)12-7-3-2-4-8-12/h2-9H,10H2,1H3. The number of benzene rings is 2. The monoisotopic (exact) mass is 333 g/mol. The lowest BCUT2D eigenvalue weighted by Crippen LogP contribution is -2.21. The maximum absolute atomic E-state index is 6.24. The van der Waals surface area contributed by atoms with Crippen molar-refractivity contribution in [2.45, 2.75) is 6.54 Å². The van der Waals surface area contributed by atoms with E-state index in [2.05, 4.69) is 15.5 Å². The molecule has 0 N–H and O–H groups in total. The van der Waals surface area contributed by atoms with Gasteiger partial charge in [0.1, 0.15) is 0 Å². The van der Waals surface area contributed by atoms with E-state index in [-0.39, 0.29) is 0 Å². The Bertz CT molecular complexity index is 773. The molecule has 1 heterocycles. The first-order valence-electron chi connectivity index (χ1n) is 6.64. The van der Waals surface area contributed by atoms with Gasteiger partial charge in [-0.25, -0.2) is 0 Å². The van der Waals surface area contributed by atoms with E-state index in [0.29, 0.717) is 22.5 Å². The number of hydrogen-bond acceptors (Lipinski definition) is 4. The highest BCUT2D eigenvalue weighted by Gasteiger charge is 2.15. The van der Waals surface area contributed by atoms with Crippen molar-refractivity contribution in [2.75, 3.05) is 11.9 Å². The minimum Gasteiger partial charge on any atom is -0.338 e. The number of aromatic nitrogens is 4. The third kappa shape index (κ3) is 2.91. The molecule has 0 aliphatic carbocycles. The van der Waals surface area contributed by atoms with E-state index in [1.807, 2.05) is 54.4 Å². The molecule has 0 aliphatic heterocycles. The molecule has 0 unspecified atom stereocenters. The van der Waals surface area contributed by atoms with Gasteiger partial charge in [0.15, 0.2) is 0 Å². The van der Waals surface area contributed by atoms with Crippen LogP contribution in [0.5, 0.6) is 0 Å². The molecule has 0 spiro atoms. The maximum atomic E-state index is 6.24. The van der Waals surface area contributed by atoms with E-state index in [0.717, 1.165) is 11.3 Å². The molecule has 0 saturated carbocycles. The van der Waals surface area contributed by atoms with Gasteiger partial charge in [-0.1, -0.05) is 58.6 Å². The number of rotatable bonds is 4. The Morgan fingerprint density at radius 3 is 2.59 bits per heavy atom. The van der Waals surface area contributed by atoms with Crippen molar-refractivity contribution in [1.82, 2.24) is 20.2 Å². The Hall–Kier alpha value is -2.11. The summed E-state index contributed by atoms with van der Waals surface area (Å²) in [7, 11) is 1.91. The first-order chi connectivity index (χ1) is 10.7. The lowest BCUT2D eigenvalue weighted by molar-refractivity contribution is 0.771. The highest BCUT2D eigenvalue weighted by Crippen LogP contribution is 2.27. The molecule has 0 amide bonds. The van der Waals surface area contributed by atoms with Crippen molar-refractivity contribution in [2.24, 2.45) is 0 Å². The average molecular weight is 334 g/mol. The van der Waals surface area contributed by atoms with E-state index in [9.17, 15) is 0 Å². The molecule has 3 aromatic rings. The third-order valence-corrected chi connectivity index (χ3v) is 4.09. The van der Waals surface area contributed by atoms with Gasteiger partial charge in [0.05, 0.1) is 15.7 Å². The molecule has 0 radical (unpaired) electrons. The molecule has 5 nitrogen and oxygen atoms in total. The molecule has 0 saturated heterocycles. The summed E-state index contributed by atoms with van der Waals surface area (Å²) in [6, 6.07) is 15.3. The van der Waals surface area contributed by atoms with Gasteiger partial charge in [-0.05, 0) is 34.2 Å². The van der Waals surface area contributed by atoms with Crippen LogP contribution in [0.2, 0.25) is 10.0 Å². The maximum Gasteiger partial charge on any atom is 0.250 e. The lowest BCUT2D eigenvalue weighted by Gasteiger charge is -2.18. The largest absolute Gasteiger partial charge is 0.338 e. The topological polar surface area (TPSA) is 46.8 Å². The van der Waals surface area contributed by atoms with Gasteiger partial charge < -0.3 is 4.90 Å². The Labute approximate surface area is 138 Å². The minimum absolute atomic E-state index is 0.537. The van der Waals surface area contributed by atoms with Crippen LogP contribution in [0.1, 0.15) is 5.56 Å². The quantitative estimate of drug-likeness (QED) is 0.731. The van der Waals surface area contributed by atoms with Gasteiger partial charge in [-0.3, -0.25) is 0 Å². The zero-order valence-electron chi connectivity index (χ0n) is 11.8. The third-order valence-electron chi connectivity index (χ3n) is 3.23. The summed E-state index contributed by atoms with van der Waals surface area (Å²) < 4.78 is 1.68. The number of anilines is 1. The smallest absolute Gasteiger partial charge is 0.250 e. The van der Waals surface area contributed by atoms with Crippen molar-refractivity contribution in [3.05, 3.63) is 64.1 Å². The van der Waals surface area contributed by atoms with Crippen molar-refractivity contribution in [3.63, 3.8) is 0 Å². The van der Waals surface area contributed by atoms with Crippen molar-refractivity contribution < 1.29 is 0 Å².